The summed E-state index contributed by atoms with van der Waals surface area (Å²) in [4.78, 5) is 0. The van der Waals surface area contributed by atoms with Crippen molar-refractivity contribution >= 4 is 11.8 Å². The van der Waals surface area contributed by atoms with E-state index in [1.807, 2.05) is 25.7 Å². The van der Waals surface area contributed by atoms with Gasteiger partial charge in [-0.05, 0) is 26.5 Å². The summed E-state index contributed by atoms with van der Waals surface area (Å²) in [6.07, 6.45) is 0.849. The third-order valence-corrected chi connectivity index (χ3v) is 3.24. The second-order valence-electron chi connectivity index (χ2n) is 3.36. The molecule has 0 aliphatic heterocycles. The van der Waals surface area contributed by atoms with Crippen molar-refractivity contribution in [3.8, 4) is 6.07 Å². The molecule has 0 spiro atoms. The van der Waals surface area contributed by atoms with Gasteiger partial charge in [0.15, 0.2) is 0 Å². The van der Waals surface area contributed by atoms with Crippen LogP contribution in [0, 0.1) is 18.3 Å². The minimum atomic E-state index is -0.0492. The fraction of sp³-hybridized carbons (Fsp3) is 0.600. The zero-order valence-electron chi connectivity index (χ0n) is 9.32. The molecule has 1 atom stereocenters. The van der Waals surface area contributed by atoms with Gasteiger partial charge >= 0.3 is 0 Å². The van der Waals surface area contributed by atoms with Crippen LogP contribution in [0.15, 0.2) is 11.1 Å². The molecule has 0 saturated heterocycles. The molecule has 1 N–H and O–H groups in total. The third kappa shape index (κ3) is 3.57. The van der Waals surface area contributed by atoms with E-state index in [1.165, 1.54) is 0 Å². The van der Waals surface area contributed by atoms with Crippen LogP contribution in [0.1, 0.15) is 12.1 Å². The largest absolute Gasteiger partial charge is 0.305 e. The van der Waals surface area contributed by atoms with Crippen LogP contribution in [0.5, 0.6) is 0 Å². The Kier molecular flexibility index (Phi) is 4.66. The monoisotopic (exact) mass is 224 g/mol. The van der Waals surface area contributed by atoms with Crippen molar-refractivity contribution in [1.82, 2.24) is 15.1 Å². The highest BCUT2D eigenvalue weighted by Crippen LogP contribution is 2.19. The van der Waals surface area contributed by atoms with E-state index in [2.05, 4.69) is 22.6 Å². The second-order valence-corrected chi connectivity index (χ2v) is 4.47. The first-order valence-corrected chi connectivity index (χ1v) is 5.86. The minimum Gasteiger partial charge on any atom is -0.305 e. The van der Waals surface area contributed by atoms with Crippen LogP contribution < -0.4 is 5.32 Å². The van der Waals surface area contributed by atoms with Crippen molar-refractivity contribution in [3.63, 3.8) is 0 Å². The molecule has 0 radical (unpaired) electrons. The Morgan fingerprint density at radius 3 is 2.93 bits per heavy atom. The Morgan fingerprint density at radius 2 is 2.47 bits per heavy atom. The lowest BCUT2D eigenvalue weighted by Crippen LogP contribution is -2.23. The summed E-state index contributed by atoms with van der Waals surface area (Å²) in [5.41, 5.74) is 1.03. The molecule has 1 unspecified atom stereocenters. The van der Waals surface area contributed by atoms with Gasteiger partial charge in [-0.15, -0.1) is 11.8 Å². The molecule has 0 aliphatic rings. The SMILES string of the molecule is CNC(C#N)CCSc1cc(C)nn1C. The van der Waals surface area contributed by atoms with Crippen LogP contribution in [-0.4, -0.2) is 28.6 Å². The Morgan fingerprint density at radius 1 is 1.73 bits per heavy atom. The van der Waals surface area contributed by atoms with E-state index in [1.54, 1.807) is 11.8 Å². The zero-order valence-corrected chi connectivity index (χ0v) is 10.1. The summed E-state index contributed by atoms with van der Waals surface area (Å²) in [6.45, 7) is 1.98. The molecule has 1 aromatic heterocycles. The summed E-state index contributed by atoms with van der Waals surface area (Å²) in [5, 5.41) is 17.1. The first-order valence-electron chi connectivity index (χ1n) is 4.87. The number of nitriles is 1. The maximum absolute atomic E-state index is 8.74. The number of rotatable bonds is 5. The number of thioether (sulfide) groups is 1. The number of aryl methyl sites for hydroxylation is 2. The maximum Gasteiger partial charge on any atom is 0.0958 e. The lowest BCUT2D eigenvalue weighted by atomic mass is 10.3. The van der Waals surface area contributed by atoms with Crippen LogP contribution in [0.4, 0.5) is 0 Å². The molecule has 0 saturated carbocycles. The number of aromatic nitrogens is 2. The van der Waals surface area contributed by atoms with Crippen molar-refractivity contribution in [3.05, 3.63) is 11.8 Å². The lowest BCUT2D eigenvalue weighted by molar-refractivity contribution is 0.660. The van der Waals surface area contributed by atoms with Crippen molar-refractivity contribution in [2.75, 3.05) is 12.8 Å². The average Bonchev–Trinajstić information content (AvgIpc) is 2.52. The Balaban J connectivity index is 2.38. The Bertz CT molecular complexity index is 353. The van der Waals surface area contributed by atoms with Crippen molar-refractivity contribution in [2.24, 2.45) is 7.05 Å². The van der Waals surface area contributed by atoms with Crippen LogP contribution in [0.3, 0.4) is 0 Å². The van der Waals surface area contributed by atoms with E-state index in [0.717, 1.165) is 22.9 Å². The van der Waals surface area contributed by atoms with Gasteiger partial charge in [0.25, 0.3) is 0 Å². The molecule has 1 aromatic rings. The molecular weight excluding hydrogens is 208 g/mol. The molecule has 1 heterocycles. The Labute approximate surface area is 94.7 Å². The van der Waals surface area contributed by atoms with E-state index in [9.17, 15) is 0 Å². The summed E-state index contributed by atoms with van der Waals surface area (Å²) in [6, 6.07) is 4.22. The smallest absolute Gasteiger partial charge is 0.0958 e. The second kappa shape index (κ2) is 5.79. The molecule has 82 valence electrons. The first-order chi connectivity index (χ1) is 7.17. The van der Waals surface area contributed by atoms with Crippen molar-refractivity contribution < 1.29 is 0 Å². The molecule has 0 bridgehead atoms. The van der Waals surface area contributed by atoms with Gasteiger partial charge in [0.05, 0.1) is 22.8 Å². The normalized spacial score (nSPS) is 12.4. The minimum absolute atomic E-state index is 0.0492. The number of hydrogen-bond donors (Lipinski definition) is 1. The standard InChI is InChI=1S/C10H16N4S/c1-8-6-10(14(3)13-8)15-5-4-9(7-11)12-2/h6,9,12H,4-5H2,1-3H3. The van der Waals surface area contributed by atoms with Gasteiger partial charge in [0, 0.05) is 12.8 Å². The quantitative estimate of drug-likeness (QED) is 0.766. The van der Waals surface area contributed by atoms with Gasteiger partial charge in [0.1, 0.15) is 0 Å². The third-order valence-electron chi connectivity index (χ3n) is 2.12. The molecule has 15 heavy (non-hydrogen) atoms. The molecule has 5 heteroatoms. The van der Waals surface area contributed by atoms with E-state index in [-0.39, 0.29) is 6.04 Å². The molecular formula is C10H16N4S. The molecule has 1 rings (SSSR count). The van der Waals surface area contributed by atoms with E-state index >= 15 is 0 Å². The maximum atomic E-state index is 8.74. The molecule has 0 aromatic carbocycles. The molecule has 0 fully saturated rings. The Hall–Kier alpha value is -0.990. The predicted molar refractivity (Wildman–Crippen MR) is 61.7 cm³/mol. The first kappa shape index (κ1) is 12.1. The average molecular weight is 224 g/mol. The summed E-state index contributed by atoms with van der Waals surface area (Å²) in [5.74, 6) is 0.929. The van der Waals surface area contributed by atoms with Crippen LogP contribution >= 0.6 is 11.8 Å². The van der Waals surface area contributed by atoms with Crippen LogP contribution in [-0.2, 0) is 7.05 Å². The van der Waals surface area contributed by atoms with Crippen molar-refractivity contribution in [2.45, 2.75) is 24.4 Å². The number of nitrogens with one attached hydrogen (secondary N) is 1. The lowest BCUT2D eigenvalue weighted by Gasteiger charge is -2.06. The number of nitrogens with zero attached hydrogens (tertiary/aromatic N) is 3. The predicted octanol–water partition coefficient (Wildman–Crippen LogP) is 1.32. The molecule has 0 amide bonds. The highest BCUT2D eigenvalue weighted by Gasteiger charge is 2.06. The van der Waals surface area contributed by atoms with E-state index in [0.29, 0.717) is 0 Å². The highest BCUT2D eigenvalue weighted by atomic mass is 32.2. The topological polar surface area (TPSA) is 53.6 Å². The summed E-state index contributed by atoms with van der Waals surface area (Å²) < 4.78 is 1.88. The van der Waals surface area contributed by atoms with Crippen molar-refractivity contribution in [1.29, 1.82) is 5.26 Å². The number of hydrogen-bond acceptors (Lipinski definition) is 4. The van der Waals surface area contributed by atoms with Gasteiger partial charge in [0.2, 0.25) is 0 Å². The zero-order chi connectivity index (χ0) is 11.3. The molecule has 4 nitrogen and oxygen atoms in total. The van der Waals surface area contributed by atoms with E-state index in [4.69, 9.17) is 5.26 Å². The van der Waals surface area contributed by atoms with Crippen LogP contribution in [0.25, 0.3) is 0 Å². The highest BCUT2D eigenvalue weighted by molar-refractivity contribution is 7.99. The summed E-state index contributed by atoms with van der Waals surface area (Å²) >= 11 is 1.74. The fourth-order valence-corrected chi connectivity index (χ4v) is 2.32. The van der Waals surface area contributed by atoms with E-state index < -0.39 is 0 Å². The van der Waals surface area contributed by atoms with Gasteiger partial charge in [-0.3, -0.25) is 4.68 Å². The fourth-order valence-electron chi connectivity index (χ4n) is 1.28. The van der Waals surface area contributed by atoms with Gasteiger partial charge in [-0.1, -0.05) is 0 Å². The van der Waals surface area contributed by atoms with Gasteiger partial charge in [-0.25, -0.2) is 0 Å². The van der Waals surface area contributed by atoms with Crippen LogP contribution in [0.2, 0.25) is 0 Å². The van der Waals surface area contributed by atoms with Gasteiger partial charge in [-0.2, -0.15) is 10.4 Å². The molecule has 0 aliphatic carbocycles. The summed E-state index contributed by atoms with van der Waals surface area (Å²) in [7, 11) is 3.75. The van der Waals surface area contributed by atoms with Gasteiger partial charge < -0.3 is 5.32 Å².